The van der Waals surface area contributed by atoms with E-state index < -0.39 is 0 Å². The van der Waals surface area contributed by atoms with Crippen LogP contribution in [0.2, 0.25) is 0 Å². The molecule has 2 rings (SSSR count). The van der Waals surface area contributed by atoms with Crippen LogP contribution in [0.3, 0.4) is 0 Å². The summed E-state index contributed by atoms with van der Waals surface area (Å²) < 4.78 is 0.763. The van der Waals surface area contributed by atoms with Crippen LogP contribution in [-0.2, 0) is 4.79 Å². The lowest BCUT2D eigenvalue weighted by Gasteiger charge is -2.02. The molecular formula is C17H17BrN4OS. The fourth-order valence-corrected chi connectivity index (χ4v) is 2.94. The number of hydrogen-bond acceptors (Lipinski definition) is 5. The van der Waals surface area contributed by atoms with Crippen LogP contribution in [0, 0.1) is 13.8 Å². The van der Waals surface area contributed by atoms with Crippen LogP contribution < -0.4 is 5.43 Å². The molecule has 1 N–H and O–H groups in total. The number of allylic oxidation sites excluding steroid dienone is 1. The topological polar surface area (TPSA) is 67.2 Å². The Labute approximate surface area is 153 Å². The third-order valence-electron chi connectivity index (χ3n) is 2.78. The van der Waals surface area contributed by atoms with Crippen molar-refractivity contribution < 1.29 is 4.79 Å². The van der Waals surface area contributed by atoms with Crippen molar-refractivity contribution in [3.8, 4) is 0 Å². The van der Waals surface area contributed by atoms with Crippen LogP contribution in [0.25, 0.3) is 6.08 Å². The zero-order valence-corrected chi connectivity index (χ0v) is 15.8. The number of thioether (sulfide) groups is 1. The van der Waals surface area contributed by atoms with Gasteiger partial charge in [-0.1, -0.05) is 42.1 Å². The third-order valence-corrected chi connectivity index (χ3v) is 4.06. The molecule has 0 aliphatic carbocycles. The standard InChI is InChI=1S/C17H17BrN4OS/c1-12-8-13(2)21-17(20-12)24-11-16(23)22-19-10-15(18)9-14-6-4-3-5-7-14/h3-10H,11H2,1-2H3,(H,22,23)/b15-9-,19-10-. The van der Waals surface area contributed by atoms with E-state index in [1.54, 1.807) is 6.21 Å². The predicted octanol–water partition coefficient (Wildman–Crippen LogP) is 3.72. The largest absolute Gasteiger partial charge is 0.272 e. The molecule has 24 heavy (non-hydrogen) atoms. The second-order valence-electron chi connectivity index (χ2n) is 4.96. The molecular weight excluding hydrogens is 388 g/mol. The first-order valence-electron chi connectivity index (χ1n) is 7.22. The van der Waals surface area contributed by atoms with Crippen molar-refractivity contribution in [2.24, 2.45) is 5.10 Å². The Morgan fingerprint density at radius 1 is 1.25 bits per heavy atom. The monoisotopic (exact) mass is 404 g/mol. The molecule has 0 spiro atoms. The molecule has 1 aromatic heterocycles. The first kappa shape index (κ1) is 18.4. The van der Waals surface area contributed by atoms with E-state index in [9.17, 15) is 4.79 Å². The minimum atomic E-state index is -0.209. The van der Waals surface area contributed by atoms with E-state index in [-0.39, 0.29) is 11.7 Å². The van der Waals surface area contributed by atoms with E-state index in [0.29, 0.717) is 5.16 Å². The zero-order valence-electron chi connectivity index (χ0n) is 13.4. The Morgan fingerprint density at radius 2 is 1.92 bits per heavy atom. The number of nitrogens with zero attached hydrogens (tertiary/aromatic N) is 3. The molecule has 0 aliphatic heterocycles. The fraction of sp³-hybridized carbons (Fsp3) is 0.176. The van der Waals surface area contributed by atoms with Crippen LogP contribution in [0.5, 0.6) is 0 Å². The molecule has 0 atom stereocenters. The van der Waals surface area contributed by atoms with Crippen LogP contribution in [0.1, 0.15) is 17.0 Å². The van der Waals surface area contributed by atoms with Crippen molar-refractivity contribution in [1.29, 1.82) is 0 Å². The van der Waals surface area contributed by atoms with Crippen LogP contribution >= 0.6 is 27.7 Å². The predicted molar refractivity (Wildman–Crippen MR) is 102 cm³/mol. The number of halogens is 1. The lowest BCUT2D eigenvalue weighted by atomic mass is 10.2. The molecule has 0 saturated carbocycles. The van der Waals surface area contributed by atoms with Crippen molar-refractivity contribution >= 4 is 45.9 Å². The third kappa shape index (κ3) is 6.64. The summed E-state index contributed by atoms with van der Waals surface area (Å²) in [5.74, 6) is -0.000657. The normalized spacial score (nSPS) is 11.7. The minimum absolute atomic E-state index is 0.209. The maximum absolute atomic E-state index is 11.8. The quantitative estimate of drug-likeness (QED) is 0.344. The van der Waals surface area contributed by atoms with Gasteiger partial charge in [-0.25, -0.2) is 15.4 Å². The van der Waals surface area contributed by atoms with Gasteiger partial charge >= 0.3 is 0 Å². The maximum Gasteiger partial charge on any atom is 0.250 e. The summed E-state index contributed by atoms with van der Waals surface area (Å²) in [6, 6.07) is 11.7. The number of aryl methyl sites for hydroxylation is 2. The molecule has 1 amide bonds. The van der Waals surface area contributed by atoms with Gasteiger partial charge in [-0.15, -0.1) is 0 Å². The summed E-state index contributed by atoms with van der Waals surface area (Å²) in [5.41, 5.74) is 5.30. The SMILES string of the molecule is Cc1cc(C)nc(SCC(=O)N/N=C\C(Br)=C\c2ccccc2)n1. The highest BCUT2D eigenvalue weighted by Gasteiger charge is 2.05. The van der Waals surface area contributed by atoms with Gasteiger partial charge in [0.15, 0.2) is 5.16 Å². The number of nitrogens with one attached hydrogen (secondary N) is 1. The summed E-state index contributed by atoms with van der Waals surface area (Å²) in [4.78, 5) is 20.3. The summed E-state index contributed by atoms with van der Waals surface area (Å²) in [6.07, 6.45) is 3.46. The number of carbonyl (C=O) groups is 1. The molecule has 5 nitrogen and oxygen atoms in total. The second kappa shape index (κ2) is 9.34. The number of benzene rings is 1. The number of hydrazone groups is 1. The van der Waals surface area contributed by atoms with Gasteiger partial charge in [0.1, 0.15) is 0 Å². The van der Waals surface area contributed by atoms with E-state index in [1.165, 1.54) is 11.8 Å². The van der Waals surface area contributed by atoms with Gasteiger partial charge in [-0.3, -0.25) is 4.79 Å². The second-order valence-corrected chi connectivity index (χ2v) is 6.81. The summed E-state index contributed by atoms with van der Waals surface area (Å²) in [5, 5.41) is 4.52. The average Bonchev–Trinajstić information content (AvgIpc) is 2.53. The Hall–Kier alpha value is -1.99. The Balaban J connectivity index is 1.81. The van der Waals surface area contributed by atoms with E-state index in [0.717, 1.165) is 21.4 Å². The fourth-order valence-electron chi connectivity index (χ4n) is 1.83. The molecule has 7 heteroatoms. The number of amides is 1. The van der Waals surface area contributed by atoms with Gasteiger partial charge in [0, 0.05) is 15.9 Å². The molecule has 1 heterocycles. The number of aromatic nitrogens is 2. The van der Waals surface area contributed by atoms with Gasteiger partial charge in [0.05, 0.1) is 12.0 Å². The zero-order chi connectivity index (χ0) is 17.4. The van der Waals surface area contributed by atoms with E-state index in [1.807, 2.05) is 56.3 Å². The summed E-state index contributed by atoms with van der Waals surface area (Å²) in [6.45, 7) is 3.80. The van der Waals surface area contributed by atoms with E-state index >= 15 is 0 Å². The Bertz CT molecular complexity index is 742. The smallest absolute Gasteiger partial charge is 0.250 e. The van der Waals surface area contributed by atoms with Gasteiger partial charge in [0.25, 0.3) is 5.91 Å². The summed E-state index contributed by atoms with van der Waals surface area (Å²) in [7, 11) is 0. The van der Waals surface area contributed by atoms with Crippen molar-refractivity contribution in [1.82, 2.24) is 15.4 Å². The number of rotatable bonds is 6. The van der Waals surface area contributed by atoms with Gasteiger partial charge in [-0.2, -0.15) is 5.10 Å². The molecule has 0 unspecified atom stereocenters. The van der Waals surface area contributed by atoms with Crippen molar-refractivity contribution in [2.75, 3.05) is 5.75 Å². The lowest BCUT2D eigenvalue weighted by molar-refractivity contribution is -0.118. The molecule has 124 valence electrons. The van der Waals surface area contributed by atoms with Crippen molar-refractivity contribution in [2.45, 2.75) is 19.0 Å². The van der Waals surface area contributed by atoms with Gasteiger partial charge in [-0.05, 0) is 47.5 Å². The molecule has 0 aliphatic rings. The highest BCUT2D eigenvalue weighted by molar-refractivity contribution is 9.12. The van der Waals surface area contributed by atoms with Crippen LogP contribution in [0.15, 0.2) is 51.1 Å². The molecule has 0 saturated heterocycles. The molecule has 0 fully saturated rings. The number of carbonyl (C=O) groups excluding carboxylic acids is 1. The van der Waals surface area contributed by atoms with Crippen LogP contribution in [0.4, 0.5) is 0 Å². The van der Waals surface area contributed by atoms with Crippen LogP contribution in [-0.4, -0.2) is 27.8 Å². The van der Waals surface area contributed by atoms with Gasteiger partial charge in [0.2, 0.25) is 0 Å². The van der Waals surface area contributed by atoms with E-state index in [2.05, 4.69) is 36.4 Å². The highest BCUT2D eigenvalue weighted by Crippen LogP contribution is 2.13. The average molecular weight is 405 g/mol. The number of hydrogen-bond donors (Lipinski definition) is 1. The summed E-state index contributed by atoms with van der Waals surface area (Å²) >= 11 is 4.68. The Kier molecular flexibility index (Phi) is 7.14. The molecule has 2 aromatic rings. The van der Waals surface area contributed by atoms with Crippen molar-refractivity contribution in [3.05, 3.63) is 57.8 Å². The van der Waals surface area contributed by atoms with Crippen molar-refractivity contribution in [3.63, 3.8) is 0 Å². The highest BCUT2D eigenvalue weighted by atomic mass is 79.9. The molecule has 1 aromatic carbocycles. The Morgan fingerprint density at radius 3 is 2.58 bits per heavy atom. The molecule has 0 radical (unpaired) electrons. The lowest BCUT2D eigenvalue weighted by Crippen LogP contribution is -2.19. The maximum atomic E-state index is 11.8. The van der Waals surface area contributed by atoms with Gasteiger partial charge < -0.3 is 0 Å². The minimum Gasteiger partial charge on any atom is -0.272 e. The first-order valence-corrected chi connectivity index (χ1v) is 9.00. The van der Waals surface area contributed by atoms with E-state index in [4.69, 9.17) is 0 Å². The first-order chi connectivity index (χ1) is 11.5. The molecule has 0 bridgehead atoms.